The molecule has 1 amide bonds. The molecule has 1 N–H and O–H groups in total. The Morgan fingerprint density at radius 3 is 2.81 bits per heavy atom. The minimum atomic E-state index is -2.47. The highest BCUT2D eigenvalue weighted by Gasteiger charge is 2.38. The maximum absolute atomic E-state index is 13.7. The molecule has 3 atom stereocenters. The number of piperidine rings is 1. The van der Waals surface area contributed by atoms with Gasteiger partial charge in [0.05, 0.1) is 12.3 Å². The van der Waals surface area contributed by atoms with Crippen molar-refractivity contribution >= 4 is 11.7 Å². The number of likely N-dealkylation sites (tertiary alicyclic amines) is 1. The minimum absolute atomic E-state index is 0.00485. The fourth-order valence-corrected chi connectivity index (χ4v) is 4.67. The number of nitrogens with zero attached hydrogens (tertiary/aromatic N) is 3. The molecule has 2 aromatic rings. The number of hydrogen-bond acceptors (Lipinski definition) is 4. The van der Waals surface area contributed by atoms with Gasteiger partial charge in [0.2, 0.25) is 0 Å². The summed E-state index contributed by atoms with van der Waals surface area (Å²) in [5.41, 5.74) is 2.41. The predicted molar refractivity (Wildman–Crippen MR) is 114 cm³/mol. The zero-order chi connectivity index (χ0) is 22.0. The van der Waals surface area contributed by atoms with E-state index < -0.39 is 12.5 Å². The number of nitrogens with one attached hydrogen (secondary N) is 1. The summed E-state index contributed by atoms with van der Waals surface area (Å²) in [6, 6.07) is 8.30. The van der Waals surface area contributed by atoms with Crippen LogP contribution in [0.5, 0.6) is 0 Å². The van der Waals surface area contributed by atoms with Crippen LogP contribution in [0.25, 0.3) is 0 Å². The molecule has 168 valence electrons. The zero-order valence-corrected chi connectivity index (χ0v) is 18.1. The van der Waals surface area contributed by atoms with Crippen LogP contribution in [-0.2, 0) is 11.3 Å². The van der Waals surface area contributed by atoms with Gasteiger partial charge in [0, 0.05) is 37.4 Å². The maximum Gasteiger partial charge on any atom is 0.260 e. The smallest absolute Gasteiger partial charge is 0.260 e. The van der Waals surface area contributed by atoms with E-state index in [-0.39, 0.29) is 17.9 Å². The first-order valence-corrected chi connectivity index (χ1v) is 11.0. The summed E-state index contributed by atoms with van der Waals surface area (Å²) >= 11 is 0. The van der Waals surface area contributed by atoms with E-state index in [0.717, 1.165) is 24.1 Å². The topological polar surface area (TPSA) is 59.4 Å². The van der Waals surface area contributed by atoms with E-state index >= 15 is 0 Å². The van der Waals surface area contributed by atoms with Crippen molar-refractivity contribution in [2.24, 2.45) is 5.92 Å². The second kappa shape index (κ2) is 9.34. The number of hydrogen-bond donors (Lipinski definition) is 1. The van der Waals surface area contributed by atoms with Gasteiger partial charge < -0.3 is 15.0 Å². The molecule has 4 rings (SSSR count). The molecular weight excluding hydrogens is 402 g/mol. The van der Waals surface area contributed by atoms with Gasteiger partial charge in [-0.05, 0) is 56.7 Å². The lowest BCUT2D eigenvalue weighted by molar-refractivity contribution is 0.0505. The average molecular weight is 433 g/mol. The normalized spacial score (nSPS) is 23.5. The van der Waals surface area contributed by atoms with Crippen molar-refractivity contribution in [3.8, 4) is 0 Å². The number of aryl methyl sites for hydroxylation is 1. The summed E-state index contributed by atoms with van der Waals surface area (Å²) in [5.74, 6) is 0.766. The Bertz CT molecular complexity index is 899. The van der Waals surface area contributed by atoms with E-state index in [1.807, 2.05) is 49.1 Å². The molecule has 1 aromatic heterocycles. The summed E-state index contributed by atoms with van der Waals surface area (Å²) in [4.78, 5) is 14.9. The number of fused-ring (bicyclic) bond motifs is 1. The van der Waals surface area contributed by atoms with Crippen molar-refractivity contribution < 1.29 is 18.3 Å². The van der Waals surface area contributed by atoms with Crippen LogP contribution >= 0.6 is 0 Å². The van der Waals surface area contributed by atoms with Crippen molar-refractivity contribution in [3.63, 3.8) is 0 Å². The number of benzene rings is 1. The van der Waals surface area contributed by atoms with Crippen molar-refractivity contribution in [3.05, 3.63) is 47.2 Å². The number of carbonyl (C=O) groups excluding carboxylic acids is 1. The fourth-order valence-electron chi connectivity index (χ4n) is 4.67. The molecular formula is C23H30F2N4O2. The Labute approximate surface area is 181 Å². The molecule has 0 radical (unpaired) electrons. The average Bonchev–Trinajstić information content (AvgIpc) is 3.16. The van der Waals surface area contributed by atoms with Crippen LogP contribution in [0.4, 0.5) is 14.6 Å². The summed E-state index contributed by atoms with van der Waals surface area (Å²) in [6.07, 6.45) is -0.379. The number of alkyl halides is 2. The fraction of sp³-hybridized carbons (Fsp3) is 0.565. The van der Waals surface area contributed by atoms with Gasteiger partial charge >= 0.3 is 0 Å². The number of halogens is 2. The summed E-state index contributed by atoms with van der Waals surface area (Å²) < 4.78 is 34.3. The summed E-state index contributed by atoms with van der Waals surface area (Å²) in [5, 5.41) is 7.66. The molecule has 31 heavy (non-hydrogen) atoms. The third kappa shape index (κ3) is 4.74. The third-order valence-corrected chi connectivity index (χ3v) is 6.28. The Kier molecular flexibility index (Phi) is 6.55. The second-order valence-electron chi connectivity index (χ2n) is 8.49. The van der Waals surface area contributed by atoms with E-state index in [2.05, 4.69) is 10.4 Å². The van der Waals surface area contributed by atoms with Gasteiger partial charge in [0.25, 0.3) is 12.3 Å². The molecule has 0 bridgehead atoms. The van der Waals surface area contributed by atoms with Gasteiger partial charge in [0.1, 0.15) is 11.9 Å². The number of amides is 1. The molecule has 2 aliphatic rings. The molecule has 0 spiro atoms. The lowest BCUT2D eigenvalue weighted by Gasteiger charge is -2.41. The standard InChI is InChI=1S/C23H30F2N4O2/c1-3-31-14-16-6-8-17(9-7-16)23(30)28-10-4-5-18(13-28)19-12-20(22(24)25)29-21(26-19)11-15(2)27-29/h6-9,11,18-20,22,26H,3-5,10,12-14H2,1-2H3/t18?,19-,20+/m0/s1. The zero-order valence-electron chi connectivity index (χ0n) is 18.1. The van der Waals surface area contributed by atoms with E-state index in [9.17, 15) is 13.6 Å². The van der Waals surface area contributed by atoms with Crippen molar-refractivity contribution in [2.45, 2.75) is 58.2 Å². The number of ether oxygens (including phenoxy) is 1. The molecule has 0 aliphatic carbocycles. The molecule has 1 saturated heterocycles. The molecule has 1 unspecified atom stereocenters. The first kappa shape index (κ1) is 21.7. The van der Waals surface area contributed by atoms with Crippen molar-refractivity contribution in [2.75, 3.05) is 25.0 Å². The van der Waals surface area contributed by atoms with Gasteiger partial charge in [-0.2, -0.15) is 5.10 Å². The van der Waals surface area contributed by atoms with Crippen molar-refractivity contribution in [1.82, 2.24) is 14.7 Å². The van der Waals surface area contributed by atoms with Crippen LogP contribution < -0.4 is 5.32 Å². The van der Waals surface area contributed by atoms with E-state index in [0.29, 0.717) is 44.1 Å². The SMILES string of the molecule is CCOCc1ccc(C(=O)N2CCCC([C@@H]3C[C@H](C(F)F)n4nc(C)cc4N3)C2)cc1. The number of rotatable bonds is 6. The van der Waals surface area contributed by atoms with Crippen LogP contribution in [0.15, 0.2) is 30.3 Å². The predicted octanol–water partition coefficient (Wildman–Crippen LogP) is 4.27. The molecule has 8 heteroatoms. The third-order valence-electron chi connectivity index (χ3n) is 6.28. The molecule has 2 aliphatic heterocycles. The van der Waals surface area contributed by atoms with E-state index in [1.54, 1.807) is 0 Å². The number of anilines is 1. The molecule has 0 saturated carbocycles. The van der Waals surface area contributed by atoms with Gasteiger partial charge in [0.15, 0.2) is 0 Å². The number of aromatic nitrogens is 2. The quantitative estimate of drug-likeness (QED) is 0.741. The van der Waals surface area contributed by atoms with Crippen LogP contribution in [-0.4, -0.2) is 52.8 Å². The van der Waals surface area contributed by atoms with Crippen LogP contribution in [0, 0.1) is 12.8 Å². The molecule has 1 aromatic carbocycles. The highest BCUT2D eigenvalue weighted by Crippen LogP contribution is 2.36. The largest absolute Gasteiger partial charge is 0.377 e. The summed E-state index contributed by atoms with van der Waals surface area (Å²) in [7, 11) is 0. The van der Waals surface area contributed by atoms with Gasteiger partial charge in [-0.1, -0.05) is 12.1 Å². The first-order chi connectivity index (χ1) is 15.0. The number of carbonyl (C=O) groups is 1. The van der Waals surface area contributed by atoms with Crippen LogP contribution in [0.1, 0.15) is 53.8 Å². The highest BCUT2D eigenvalue weighted by molar-refractivity contribution is 5.94. The Morgan fingerprint density at radius 1 is 1.32 bits per heavy atom. The Morgan fingerprint density at radius 2 is 2.10 bits per heavy atom. The van der Waals surface area contributed by atoms with Gasteiger partial charge in [-0.3, -0.25) is 4.79 Å². The summed E-state index contributed by atoms with van der Waals surface area (Å²) in [6.45, 7) is 6.21. The maximum atomic E-state index is 13.7. The molecule has 6 nitrogen and oxygen atoms in total. The monoisotopic (exact) mass is 432 g/mol. The molecule has 1 fully saturated rings. The lowest BCUT2D eigenvalue weighted by Crippen LogP contribution is -2.48. The van der Waals surface area contributed by atoms with E-state index in [4.69, 9.17) is 4.74 Å². The van der Waals surface area contributed by atoms with E-state index in [1.165, 1.54) is 4.68 Å². The van der Waals surface area contributed by atoms with Gasteiger partial charge in [-0.15, -0.1) is 0 Å². The van der Waals surface area contributed by atoms with Crippen molar-refractivity contribution in [1.29, 1.82) is 0 Å². The minimum Gasteiger partial charge on any atom is -0.377 e. The first-order valence-electron chi connectivity index (χ1n) is 11.0. The Hall–Kier alpha value is -2.48. The van der Waals surface area contributed by atoms with Crippen LogP contribution in [0.2, 0.25) is 0 Å². The highest BCUT2D eigenvalue weighted by atomic mass is 19.3. The van der Waals surface area contributed by atoms with Crippen LogP contribution in [0.3, 0.4) is 0 Å². The molecule has 3 heterocycles. The Balaban J connectivity index is 1.44. The lowest BCUT2D eigenvalue weighted by atomic mass is 9.85. The second-order valence-corrected chi connectivity index (χ2v) is 8.49. The van der Waals surface area contributed by atoms with Gasteiger partial charge in [-0.25, -0.2) is 13.5 Å².